The number of benzene rings is 4. The molecule has 0 heterocycles. The molecule has 0 aliphatic rings. The third kappa shape index (κ3) is 8.13. The fourth-order valence-corrected chi connectivity index (χ4v) is 6.44. The van der Waals surface area contributed by atoms with Crippen molar-refractivity contribution < 1.29 is 22.4 Å². The van der Waals surface area contributed by atoms with Gasteiger partial charge in [-0.15, -0.1) is 0 Å². The Morgan fingerprint density at radius 2 is 1.51 bits per heavy atom. The van der Waals surface area contributed by atoms with Crippen LogP contribution in [0.2, 0.25) is 10.0 Å². The van der Waals surface area contributed by atoms with Crippen LogP contribution in [0.15, 0.2) is 108 Å². The minimum absolute atomic E-state index is 0.0519. The first kappa shape index (κ1) is 32.0. The lowest BCUT2D eigenvalue weighted by molar-refractivity contribution is -0.140. The summed E-state index contributed by atoms with van der Waals surface area (Å²) >= 11 is 12.6. The van der Waals surface area contributed by atoms with Crippen molar-refractivity contribution >= 4 is 50.7 Å². The molecule has 0 aliphatic heterocycles. The zero-order chi connectivity index (χ0) is 31.0. The molecule has 43 heavy (non-hydrogen) atoms. The highest BCUT2D eigenvalue weighted by atomic mass is 35.5. The zero-order valence-corrected chi connectivity index (χ0v) is 25.6. The van der Waals surface area contributed by atoms with Gasteiger partial charge in [0.05, 0.1) is 10.6 Å². The molecule has 4 rings (SSSR count). The van der Waals surface area contributed by atoms with Gasteiger partial charge in [-0.3, -0.25) is 13.9 Å². The standard InChI is InChI=1S/C32H30Cl2FN3O4S/c1-2-36-32(40)30(19-23-9-5-3-6-10-23)37(21-24-13-14-25(33)20-29(24)34)31(39)22-38(27-17-15-26(35)16-18-27)43(41,42)28-11-7-4-8-12-28/h3-18,20,30H,2,19,21-22H2,1H3,(H,36,40). The van der Waals surface area contributed by atoms with Crippen LogP contribution in [0.25, 0.3) is 0 Å². The van der Waals surface area contributed by atoms with Gasteiger partial charge in [-0.05, 0) is 66.6 Å². The molecule has 2 amide bonds. The van der Waals surface area contributed by atoms with E-state index in [0.29, 0.717) is 17.1 Å². The van der Waals surface area contributed by atoms with E-state index in [1.165, 1.54) is 35.2 Å². The second-order valence-corrected chi connectivity index (χ2v) is 12.4. The molecule has 0 saturated heterocycles. The number of hydrogen-bond acceptors (Lipinski definition) is 4. The molecule has 11 heteroatoms. The second kappa shape index (κ2) is 14.5. The number of amides is 2. The van der Waals surface area contributed by atoms with Crippen LogP contribution in [-0.4, -0.2) is 44.3 Å². The van der Waals surface area contributed by atoms with Crippen molar-refractivity contribution in [1.82, 2.24) is 10.2 Å². The van der Waals surface area contributed by atoms with Gasteiger partial charge in [0.1, 0.15) is 18.4 Å². The Labute approximate surface area is 260 Å². The van der Waals surface area contributed by atoms with Crippen LogP contribution < -0.4 is 9.62 Å². The summed E-state index contributed by atoms with van der Waals surface area (Å²) < 4.78 is 42.5. The summed E-state index contributed by atoms with van der Waals surface area (Å²) in [6.45, 7) is 1.31. The van der Waals surface area contributed by atoms with Crippen LogP contribution in [0.5, 0.6) is 0 Å². The molecule has 1 atom stereocenters. The predicted octanol–water partition coefficient (Wildman–Crippen LogP) is 6.10. The van der Waals surface area contributed by atoms with Crippen LogP contribution >= 0.6 is 23.2 Å². The second-order valence-electron chi connectivity index (χ2n) is 9.66. The number of rotatable bonds is 12. The van der Waals surface area contributed by atoms with Gasteiger partial charge in [-0.2, -0.15) is 0 Å². The van der Waals surface area contributed by atoms with Crippen LogP contribution in [0.4, 0.5) is 10.1 Å². The summed E-state index contributed by atoms with van der Waals surface area (Å²) in [6, 6.07) is 25.4. The first-order chi connectivity index (χ1) is 20.6. The largest absolute Gasteiger partial charge is 0.355 e. The van der Waals surface area contributed by atoms with Crippen LogP contribution in [-0.2, 0) is 32.6 Å². The Morgan fingerprint density at radius 1 is 0.884 bits per heavy atom. The maximum atomic E-state index is 14.3. The average molecular weight is 643 g/mol. The number of hydrogen-bond donors (Lipinski definition) is 1. The summed E-state index contributed by atoms with van der Waals surface area (Å²) in [4.78, 5) is 29.1. The number of nitrogens with one attached hydrogen (secondary N) is 1. The third-order valence-electron chi connectivity index (χ3n) is 6.70. The number of sulfonamides is 1. The number of likely N-dealkylation sites (N-methyl/N-ethyl adjacent to an activating group) is 1. The van der Waals surface area contributed by atoms with Crippen molar-refractivity contribution in [1.29, 1.82) is 0 Å². The summed E-state index contributed by atoms with van der Waals surface area (Å²) in [5.74, 6) is -1.64. The van der Waals surface area contributed by atoms with Gasteiger partial charge in [-0.1, -0.05) is 77.8 Å². The normalized spacial score (nSPS) is 11.9. The molecule has 0 aliphatic carbocycles. The van der Waals surface area contributed by atoms with Crippen molar-refractivity contribution in [3.63, 3.8) is 0 Å². The smallest absolute Gasteiger partial charge is 0.264 e. The van der Waals surface area contributed by atoms with E-state index in [4.69, 9.17) is 23.2 Å². The Morgan fingerprint density at radius 3 is 2.12 bits per heavy atom. The molecule has 4 aromatic carbocycles. The van der Waals surface area contributed by atoms with Crippen LogP contribution in [0.1, 0.15) is 18.1 Å². The quantitative estimate of drug-likeness (QED) is 0.202. The zero-order valence-electron chi connectivity index (χ0n) is 23.3. The van der Waals surface area contributed by atoms with Crippen LogP contribution in [0.3, 0.4) is 0 Å². The summed E-state index contributed by atoms with van der Waals surface area (Å²) in [5.41, 5.74) is 1.40. The monoisotopic (exact) mass is 641 g/mol. The fourth-order valence-electron chi connectivity index (χ4n) is 4.54. The van der Waals surface area contributed by atoms with Crippen molar-refractivity contribution in [3.8, 4) is 0 Å². The molecule has 224 valence electrons. The molecule has 0 bridgehead atoms. The van der Waals surface area contributed by atoms with Gasteiger partial charge in [0, 0.05) is 29.6 Å². The maximum Gasteiger partial charge on any atom is 0.264 e. The number of halogens is 3. The molecule has 1 unspecified atom stereocenters. The van der Waals surface area contributed by atoms with E-state index in [1.807, 2.05) is 30.3 Å². The molecule has 0 radical (unpaired) electrons. The topological polar surface area (TPSA) is 86.8 Å². The Balaban J connectivity index is 1.80. The van der Waals surface area contributed by atoms with Crippen molar-refractivity contribution in [2.75, 3.05) is 17.4 Å². The molecule has 0 saturated carbocycles. The Bertz CT molecular complexity index is 1660. The molecule has 7 nitrogen and oxygen atoms in total. The van der Waals surface area contributed by atoms with Gasteiger partial charge in [0.15, 0.2) is 0 Å². The van der Waals surface area contributed by atoms with Gasteiger partial charge in [0.2, 0.25) is 11.8 Å². The lowest BCUT2D eigenvalue weighted by Gasteiger charge is -2.34. The minimum atomic E-state index is -4.28. The number of carbonyl (C=O) groups is 2. The number of anilines is 1. The lowest BCUT2D eigenvalue weighted by Crippen LogP contribution is -2.53. The lowest BCUT2D eigenvalue weighted by atomic mass is 10.0. The molecule has 0 aromatic heterocycles. The first-order valence-electron chi connectivity index (χ1n) is 13.5. The highest BCUT2D eigenvalue weighted by Gasteiger charge is 2.34. The molecule has 0 spiro atoms. The predicted molar refractivity (Wildman–Crippen MR) is 167 cm³/mol. The van der Waals surface area contributed by atoms with Crippen molar-refractivity contribution in [2.24, 2.45) is 0 Å². The van der Waals surface area contributed by atoms with Gasteiger partial charge >= 0.3 is 0 Å². The molecular formula is C32H30Cl2FN3O4S. The molecule has 0 fully saturated rings. The fraction of sp³-hybridized carbons (Fsp3) is 0.188. The van der Waals surface area contributed by atoms with E-state index in [0.717, 1.165) is 22.0 Å². The van der Waals surface area contributed by atoms with E-state index < -0.39 is 40.2 Å². The highest BCUT2D eigenvalue weighted by Crippen LogP contribution is 2.27. The molecular weight excluding hydrogens is 612 g/mol. The van der Waals surface area contributed by atoms with Crippen molar-refractivity contribution in [3.05, 3.63) is 130 Å². The van der Waals surface area contributed by atoms with E-state index in [-0.39, 0.29) is 28.6 Å². The van der Waals surface area contributed by atoms with E-state index in [2.05, 4.69) is 5.32 Å². The molecule has 4 aromatic rings. The number of nitrogens with zero attached hydrogens (tertiary/aromatic N) is 2. The molecule has 1 N–H and O–H groups in total. The van der Waals surface area contributed by atoms with Gasteiger partial charge in [0.25, 0.3) is 10.0 Å². The van der Waals surface area contributed by atoms with Crippen LogP contribution in [0, 0.1) is 5.82 Å². The highest BCUT2D eigenvalue weighted by molar-refractivity contribution is 7.92. The van der Waals surface area contributed by atoms with Gasteiger partial charge in [-0.25, -0.2) is 12.8 Å². The Hall–Kier alpha value is -3.92. The van der Waals surface area contributed by atoms with E-state index in [9.17, 15) is 22.4 Å². The third-order valence-corrected chi connectivity index (χ3v) is 9.08. The van der Waals surface area contributed by atoms with E-state index in [1.54, 1.807) is 37.3 Å². The maximum absolute atomic E-state index is 14.3. The summed E-state index contributed by atoms with van der Waals surface area (Å²) in [6.07, 6.45) is 0.158. The van der Waals surface area contributed by atoms with Crippen molar-refractivity contribution in [2.45, 2.75) is 30.8 Å². The minimum Gasteiger partial charge on any atom is -0.355 e. The Kier molecular flexibility index (Phi) is 10.8. The summed E-state index contributed by atoms with van der Waals surface area (Å²) in [5, 5.41) is 3.48. The van der Waals surface area contributed by atoms with Gasteiger partial charge < -0.3 is 10.2 Å². The SMILES string of the molecule is CCNC(=O)C(Cc1ccccc1)N(Cc1ccc(Cl)cc1Cl)C(=O)CN(c1ccc(F)cc1)S(=O)(=O)c1ccccc1. The number of carbonyl (C=O) groups excluding carboxylic acids is 2. The van der Waals surface area contributed by atoms with E-state index >= 15 is 0 Å². The average Bonchev–Trinajstić information content (AvgIpc) is 3.00. The first-order valence-corrected chi connectivity index (χ1v) is 15.7. The summed E-state index contributed by atoms with van der Waals surface area (Å²) in [7, 11) is -4.28.